The van der Waals surface area contributed by atoms with Gasteiger partial charge in [0.05, 0.1) is 6.10 Å². The van der Waals surface area contributed by atoms with Crippen molar-refractivity contribution < 1.29 is 13.2 Å². The molecule has 1 aromatic rings. The highest BCUT2D eigenvalue weighted by Crippen LogP contribution is 2.29. The fourth-order valence-electron chi connectivity index (χ4n) is 0.912. The Balaban J connectivity index is 3.26. The second kappa shape index (κ2) is 4.16. The van der Waals surface area contributed by atoms with Crippen molar-refractivity contribution >= 4 is 21.4 Å². The largest absolute Gasteiger partial charge is 0.473 e. The molecule has 0 fully saturated rings. The van der Waals surface area contributed by atoms with E-state index in [0.29, 0.717) is 0 Å². The Morgan fingerprint density at radius 1 is 1.53 bits per heavy atom. The summed E-state index contributed by atoms with van der Waals surface area (Å²) < 4.78 is 31.5. The average Bonchev–Trinajstić information content (AvgIpc) is 2.45. The Morgan fingerprint density at radius 2 is 2.13 bits per heavy atom. The number of sulfone groups is 1. The summed E-state index contributed by atoms with van der Waals surface area (Å²) in [5.74, 6) is 0.0953. The fraction of sp³-hybridized carbons (Fsp3) is 0.500. The third kappa shape index (κ3) is 2.67. The van der Waals surface area contributed by atoms with Crippen molar-refractivity contribution in [2.24, 2.45) is 0 Å². The molecule has 0 amide bonds. The van der Waals surface area contributed by atoms with Crippen LogP contribution in [-0.2, 0) is 9.84 Å². The van der Waals surface area contributed by atoms with Gasteiger partial charge in [0, 0.05) is 6.26 Å². The second-order valence-electron chi connectivity index (χ2n) is 3.20. The van der Waals surface area contributed by atoms with Crippen molar-refractivity contribution in [1.82, 2.24) is 4.37 Å². The molecule has 0 aliphatic carbocycles. The molecule has 1 rings (SSSR count). The van der Waals surface area contributed by atoms with Gasteiger partial charge in [-0.15, -0.1) is 0 Å². The lowest BCUT2D eigenvalue weighted by atomic mass is 10.4. The van der Waals surface area contributed by atoms with Crippen LogP contribution >= 0.6 is 11.5 Å². The molecule has 7 heteroatoms. The quantitative estimate of drug-likeness (QED) is 0.800. The van der Waals surface area contributed by atoms with Gasteiger partial charge in [-0.3, -0.25) is 0 Å². The third-order valence-corrected chi connectivity index (χ3v) is 4.06. The van der Waals surface area contributed by atoms with E-state index in [2.05, 4.69) is 4.37 Å². The van der Waals surface area contributed by atoms with Crippen LogP contribution in [0.3, 0.4) is 0 Å². The van der Waals surface area contributed by atoms with Crippen LogP contribution in [0.15, 0.2) is 4.21 Å². The minimum Gasteiger partial charge on any atom is -0.473 e. The van der Waals surface area contributed by atoms with E-state index in [1.165, 1.54) is 0 Å². The predicted octanol–water partition coefficient (Wildman–Crippen LogP) is 1.21. The molecule has 0 saturated carbocycles. The van der Waals surface area contributed by atoms with Crippen LogP contribution in [0.25, 0.3) is 0 Å². The zero-order valence-electron chi connectivity index (χ0n) is 8.51. The number of aromatic nitrogens is 1. The number of ether oxygens (including phenoxy) is 1. The second-order valence-corrected chi connectivity index (χ2v) is 6.19. The van der Waals surface area contributed by atoms with E-state index in [4.69, 9.17) is 10.00 Å². The van der Waals surface area contributed by atoms with Gasteiger partial charge in [0.1, 0.15) is 11.6 Å². The van der Waals surface area contributed by atoms with Crippen LogP contribution < -0.4 is 4.74 Å². The number of nitriles is 1. The predicted molar refractivity (Wildman–Crippen MR) is 55.7 cm³/mol. The molecule has 15 heavy (non-hydrogen) atoms. The highest BCUT2D eigenvalue weighted by Gasteiger charge is 2.22. The van der Waals surface area contributed by atoms with Crippen LogP contribution in [0.2, 0.25) is 0 Å². The van der Waals surface area contributed by atoms with Gasteiger partial charge in [-0.25, -0.2) is 8.42 Å². The summed E-state index contributed by atoms with van der Waals surface area (Å²) in [6.45, 7) is 3.56. The standard InChI is InChI=1S/C8H10N2O3S2/c1-5(2)13-7-6(4-9)8(14-10-7)15(3,11)12/h5H,1-3H3. The molecule has 1 aromatic heterocycles. The first kappa shape index (κ1) is 11.9. The summed E-state index contributed by atoms with van der Waals surface area (Å²) >= 11 is 0.764. The van der Waals surface area contributed by atoms with Crippen molar-refractivity contribution in [2.75, 3.05) is 6.26 Å². The van der Waals surface area contributed by atoms with Crippen molar-refractivity contribution in [3.05, 3.63) is 5.56 Å². The normalized spacial score (nSPS) is 11.4. The molecule has 0 aliphatic rings. The lowest BCUT2D eigenvalue weighted by Crippen LogP contribution is -2.07. The van der Waals surface area contributed by atoms with E-state index < -0.39 is 9.84 Å². The highest BCUT2D eigenvalue weighted by molar-refractivity contribution is 7.92. The van der Waals surface area contributed by atoms with E-state index in [1.807, 2.05) is 0 Å². The lowest BCUT2D eigenvalue weighted by Gasteiger charge is -2.05. The van der Waals surface area contributed by atoms with Gasteiger partial charge < -0.3 is 4.74 Å². The van der Waals surface area contributed by atoms with E-state index in [1.54, 1.807) is 19.9 Å². The first-order valence-corrected chi connectivity index (χ1v) is 6.79. The molecule has 0 aliphatic heterocycles. The molecule has 0 unspecified atom stereocenters. The molecule has 0 saturated heterocycles. The molecule has 0 radical (unpaired) electrons. The summed E-state index contributed by atoms with van der Waals surface area (Å²) in [5.41, 5.74) is -0.00352. The molecular formula is C8H10N2O3S2. The summed E-state index contributed by atoms with van der Waals surface area (Å²) in [4.78, 5) is 0. The Hall–Kier alpha value is -1.13. The van der Waals surface area contributed by atoms with E-state index in [-0.39, 0.29) is 21.8 Å². The molecule has 0 spiro atoms. The maximum absolute atomic E-state index is 11.3. The molecule has 0 bridgehead atoms. The third-order valence-electron chi connectivity index (χ3n) is 1.43. The molecule has 82 valence electrons. The van der Waals surface area contributed by atoms with Crippen LogP contribution in [-0.4, -0.2) is 25.2 Å². The van der Waals surface area contributed by atoms with Crippen LogP contribution in [0, 0.1) is 11.3 Å². The minimum absolute atomic E-state index is 0.00352. The number of rotatable bonds is 3. The smallest absolute Gasteiger partial charge is 0.245 e. The Bertz CT molecular complexity index is 496. The highest BCUT2D eigenvalue weighted by atomic mass is 32.2. The SMILES string of the molecule is CC(C)Oc1nsc(S(C)(=O)=O)c1C#N. The van der Waals surface area contributed by atoms with Gasteiger partial charge in [-0.2, -0.15) is 9.64 Å². The maximum Gasteiger partial charge on any atom is 0.245 e. The van der Waals surface area contributed by atoms with Gasteiger partial charge in [0.25, 0.3) is 0 Å². The molecule has 5 nitrogen and oxygen atoms in total. The molecular weight excluding hydrogens is 236 g/mol. The number of hydrogen-bond donors (Lipinski definition) is 0. The van der Waals surface area contributed by atoms with Crippen molar-refractivity contribution in [1.29, 1.82) is 5.26 Å². The summed E-state index contributed by atoms with van der Waals surface area (Å²) in [6.07, 6.45) is 0.896. The van der Waals surface area contributed by atoms with Crippen molar-refractivity contribution in [2.45, 2.75) is 24.2 Å². The first-order chi connectivity index (χ1) is 6.86. The number of hydrogen-bond acceptors (Lipinski definition) is 6. The Morgan fingerprint density at radius 3 is 2.53 bits per heavy atom. The van der Waals surface area contributed by atoms with E-state index in [0.717, 1.165) is 17.8 Å². The maximum atomic E-state index is 11.3. The van der Waals surface area contributed by atoms with Gasteiger partial charge >= 0.3 is 0 Å². The first-order valence-electron chi connectivity index (χ1n) is 4.12. The van der Waals surface area contributed by atoms with Gasteiger partial charge in [-0.1, -0.05) is 0 Å². The lowest BCUT2D eigenvalue weighted by molar-refractivity contribution is 0.234. The summed E-state index contributed by atoms with van der Waals surface area (Å²) in [7, 11) is -3.41. The molecule has 0 aromatic carbocycles. The topological polar surface area (TPSA) is 80.0 Å². The van der Waals surface area contributed by atoms with Crippen molar-refractivity contribution in [3.8, 4) is 11.9 Å². The van der Waals surface area contributed by atoms with E-state index in [9.17, 15) is 8.42 Å². The van der Waals surface area contributed by atoms with Crippen molar-refractivity contribution in [3.63, 3.8) is 0 Å². The van der Waals surface area contributed by atoms with Crippen LogP contribution in [0.5, 0.6) is 5.88 Å². The van der Waals surface area contributed by atoms with E-state index >= 15 is 0 Å². The Kier molecular flexibility index (Phi) is 3.31. The molecule has 0 atom stereocenters. The number of nitrogens with zero attached hydrogens (tertiary/aromatic N) is 2. The average molecular weight is 246 g/mol. The Labute approximate surface area is 92.4 Å². The van der Waals surface area contributed by atoms with Crippen LogP contribution in [0.1, 0.15) is 19.4 Å². The van der Waals surface area contributed by atoms with Gasteiger partial charge in [0.15, 0.2) is 14.0 Å². The molecule has 0 N–H and O–H groups in total. The van der Waals surface area contributed by atoms with Gasteiger partial charge in [0.2, 0.25) is 5.88 Å². The monoisotopic (exact) mass is 246 g/mol. The van der Waals surface area contributed by atoms with Gasteiger partial charge in [-0.05, 0) is 25.4 Å². The zero-order chi connectivity index (χ0) is 11.6. The molecule has 1 heterocycles. The summed E-state index contributed by atoms with van der Waals surface area (Å²) in [6, 6.07) is 1.80. The van der Waals surface area contributed by atoms with Crippen LogP contribution in [0.4, 0.5) is 0 Å². The zero-order valence-corrected chi connectivity index (χ0v) is 10.1. The summed E-state index contributed by atoms with van der Waals surface area (Å²) in [5, 5.41) is 8.84. The minimum atomic E-state index is -3.41. The fourth-order valence-corrected chi connectivity index (χ4v) is 2.59.